The predicted octanol–water partition coefficient (Wildman–Crippen LogP) is 5.79. The lowest BCUT2D eigenvalue weighted by atomic mass is 10.1. The van der Waals surface area contributed by atoms with Gasteiger partial charge in [0.25, 0.3) is 5.91 Å². The summed E-state index contributed by atoms with van der Waals surface area (Å²) in [7, 11) is 0. The van der Waals surface area contributed by atoms with Crippen LogP contribution in [0.15, 0.2) is 83.3 Å². The van der Waals surface area contributed by atoms with Crippen molar-refractivity contribution in [2.75, 3.05) is 10.6 Å². The quantitative estimate of drug-likeness (QED) is 0.401. The molecule has 6 heteroatoms. The molecule has 0 aliphatic carbocycles. The Hall–Kier alpha value is -3.93. The normalized spacial score (nSPS) is 10.7. The van der Waals surface area contributed by atoms with Gasteiger partial charge in [0, 0.05) is 17.5 Å². The van der Waals surface area contributed by atoms with Crippen molar-refractivity contribution < 1.29 is 18.4 Å². The van der Waals surface area contributed by atoms with Gasteiger partial charge in [-0.2, -0.15) is 0 Å². The Morgan fingerprint density at radius 3 is 2.32 bits per heavy atom. The molecule has 1 aromatic heterocycles. The highest BCUT2D eigenvalue weighted by Gasteiger charge is 2.22. The van der Waals surface area contributed by atoms with Crippen molar-refractivity contribution in [2.45, 2.75) is 19.3 Å². The molecule has 1 heterocycles. The Balaban J connectivity index is 1.50. The van der Waals surface area contributed by atoms with Crippen LogP contribution in [0.4, 0.5) is 15.8 Å². The molecule has 0 unspecified atom stereocenters. The maximum Gasteiger partial charge on any atom is 0.293 e. The van der Waals surface area contributed by atoms with Crippen molar-refractivity contribution in [3.05, 3.63) is 96.0 Å². The largest absolute Gasteiger partial charge is 0.449 e. The number of fused-ring (bicyclic) bond motifs is 1. The highest BCUT2D eigenvalue weighted by molar-refractivity contribution is 6.14. The number of benzene rings is 3. The first-order valence-electron chi connectivity index (χ1n) is 10.0. The number of furan rings is 1. The third kappa shape index (κ3) is 4.98. The van der Waals surface area contributed by atoms with E-state index < -0.39 is 11.7 Å². The predicted molar refractivity (Wildman–Crippen MR) is 119 cm³/mol. The van der Waals surface area contributed by atoms with E-state index in [1.165, 1.54) is 29.8 Å². The van der Waals surface area contributed by atoms with Crippen molar-refractivity contribution in [2.24, 2.45) is 0 Å². The van der Waals surface area contributed by atoms with Gasteiger partial charge in [0.05, 0.1) is 0 Å². The number of hydrogen-bond acceptors (Lipinski definition) is 3. The molecule has 0 radical (unpaired) electrons. The lowest BCUT2D eigenvalue weighted by molar-refractivity contribution is -0.116. The maximum absolute atomic E-state index is 13.1. The number of hydrogen-bond donors (Lipinski definition) is 2. The topological polar surface area (TPSA) is 71.3 Å². The van der Waals surface area contributed by atoms with E-state index in [0.717, 1.165) is 6.42 Å². The molecule has 31 heavy (non-hydrogen) atoms. The molecule has 0 bridgehead atoms. The molecule has 0 saturated heterocycles. The number of rotatable bonds is 7. The van der Waals surface area contributed by atoms with Crippen LogP contribution in [-0.2, 0) is 11.2 Å². The number of aryl methyl sites for hydroxylation is 1. The number of halogens is 1. The van der Waals surface area contributed by atoms with Crippen LogP contribution in [0.2, 0.25) is 0 Å². The molecule has 0 fully saturated rings. The molecule has 0 spiro atoms. The van der Waals surface area contributed by atoms with Crippen LogP contribution in [0, 0.1) is 5.82 Å². The molecule has 4 aromatic rings. The van der Waals surface area contributed by atoms with Crippen molar-refractivity contribution in [1.29, 1.82) is 0 Å². The van der Waals surface area contributed by atoms with Crippen LogP contribution in [0.5, 0.6) is 0 Å². The zero-order chi connectivity index (χ0) is 21.6. The number of carbonyl (C=O) groups is 2. The van der Waals surface area contributed by atoms with Crippen LogP contribution >= 0.6 is 0 Å². The van der Waals surface area contributed by atoms with E-state index in [1.54, 1.807) is 18.2 Å². The van der Waals surface area contributed by atoms with Crippen molar-refractivity contribution in [3.8, 4) is 0 Å². The van der Waals surface area contributed by atoms with Gasteiger partial charge < -0.3 is 15.1 Å². The third-order valence-corrected chi connectivity index (χ3v) is 4.88. The molecule has 5 nitrogen and oxygen atoms in total. The standard InChI is InChI=1S/C25H21FN2O3/c26-18-13-15-19(16-14-18)27-25(30)24-23(20-10-4-5-11-21(20)31-24)28-22(29)12-6-9-17-7-2-1-3-8-17/h1-5,7-8,10-11,13-16H,6,9,12H2,(H,27,30)(H,28,29). The van der Waals surface area contributed by atoms with E-state index in [4.69, 9.17) is 4.42 Å². The van der Waals surface area contributed by atoms with Crippen LogP contribution in [-0.4, -0.2) is 11.8 Å². The zero-order valence-electron chi connectivity index (χ0n) is 16.7. The lowest BCUT2D eigenvalue weighted by Crippen LogP contribution is -2.17. The minimum absolute atomic E-state index is 0.00179. The van der Waals surface area contributed by atoms with Crippen molar-refractivity contribution >= 4 is 34.2 Å². The summed E-state index contributed by atoms with van der Waals surface area (Å²) in [5.74, 6) is -1.12. The Kier molecular flexibility index (Phi) is 6.08. The summed E-state index contributed by atoms with van der Waals surface area (Å²) in [6.45, 7) is 0. The Labute approximate surface area is 178 Å². The van der Waals surface area contributed by atoms with Crippen LogP contribution in [0.1, 0.15) is 29.0 Å². The monoisotopic (exact) mass is 416 g/mol. The molecule has 156 valence electrons. The average molecular weight is 416 g/mol. The van der Waals surface area contributed by atoms with Gasteiger partial charge in [-0.3, -0.25) is 9.59 Å². The van der Waals surface area contributed by atoms with Crippen molar-refractivity contribution in [1.82, 2.24) is 0 Å². The summed E-state index contributed by atoms with van der Waals surface area (Å²) in [4.78, 5) is 25.4. The van der Waals surface area contributed by atoms with Gasteiger partial charge in [-0.15, -0.1) is 0 Å². The fraction of sp³-hybridized carbons (Fsp3) is 0.120. The smallest absolute Gasteiger partial charge is 0.293 e. The zero-order valence-corrected chi connectivity index (χ0v) is 16.7. The fourth-order valence-electron chi connectivity index (χ4n) is 3.35. The second-order valence-electron chi connectivity index (χ2n) is 7.15. The maximum atomic E-state index is 13.1. The number of nitrogens with one attached hydrogen (secondary N) is 2. The van der Waals surface area contributed by atoms with Gasteiger partial charge in [-0.05, 0) is 54.8 Å². The fourth-order valence-corrected chi connectivity index (χ4v) is 3.35. The van der Waals surface area contributed by atoms with E-state index >= 15 is 0 Å². The first-order chi connectivity index (χ1) is 15.1. The van der Waals surface area contributed by atoms with Gasteiger partial charge in [-0.1, -0.05) is 42.5 Å². The number of amides is 2. The summed E-state index contributed by atoms with van der Waals surface area (Å²) >= 11 is 0. The van der Waals surface area contributed by atoms with Gasteiger partial charge in [0.1, 0.15) is 17.1 Å². The molecule has 3 aromatic carbocycles. The molecule has 2 amide bonds. The summed E-state index contributed by atoms with van der Waals surface area (Å²) in [5.41, 5.74) is 2.42. The number of para-hydroxylation sites is 1. The number of anilines is 2. The summed E-state index contributed by atoms with van der Waals surface area (Å²) < 4.78 is 18.9. The molecular weight excluding hydrogens is 395 g/mol. The van der Waals surface area contributed by atoms with E-state index in [-0.39, 0.29) is 11.7 Å². The van der Waals surface area contributed by atoms with Crippen LogP contribution < -0.4 is 10.6 Å². The molecule has 0 aliphatic heterocycles. The summed E-state index contributed by atoms with van der Waals surface area (Å²) in [5, 5.41) is 6.16. The molecule has 0 atom stereocenters. The lowest BCUT2D eigenvalue weighted by Gasteiger charge is -2.08. The van der Waals surface area contributed by atoms with E-state index in [9.17, 15) is 14.0 Å². The minimum Gasteiger partial charge on any atom is -0.449 e. The Morgan fingerprint density at radius 1 is 0.839 bits per heavy atom. The van der Waals surface area contributed by atoms with Gasteiger partial charge in [-0.25, -0.2) is 4.39 Å². The summed E-state index contributed by atoms with van der Waals surface area (Å²) in [6, 6.07) is 22.5. The third-order valence-electron chi connectivity index (χ3n) is 4.88. The van der Waals surface area contributed by atoms with E-state index in [0.29, 0.717) is 35.2 Å². The second-order valence-corrected chi connectivity index (χ2v) is 7.15. The highest BCUT2D eigenvalue weighted by atomic mass is 19.1. The van der Waals surface area contributed by atoms with Gasteiger partial charge in [0.2, 0.25) is 11.7 Å². The average Bonchev–Trinajstić information content (AvgIpc) is 3.15. The molecule has 2 N–H and O–H groups in total. The SMILES string of the molecule is O=C(CCCc1ccccc1)Nc1c(C(=O)Nc2ccc(F)cc2)oc2ccccc12. The van der Waals surface area contributed by atoms with Crippen LogP contribution in [0.25, 0.3) is 11.0 Å². The number of carbonyl (C=O) groups excluding carboxylic acids is 2. The Bertz CT molecular complexity index is 1200. The Morgan fingerprint density at radius 2 is 1.55 bits per heavy atom. The van der Waals surface area contributed by atoms with Crippen molar-refractivity contribution in [3.63, 3.8) is 0 Å². The molecular formula is C25H21FN2O3. The minimum atomic E-state index is -0.526. The molecule has 4 rings (SSSR count). The second kappa shape index (κ2) is 9.26. The molecule has 0 aliphatic rings. The van der Waals surface area contributed by atoms with E-state index in [2.05, 4.69) is 10.6 Å². The van der Waals surface area contributed by atoms with Crippen LogP contribution in [0.3, 0.4) is 0 Å². The highest BCUT2D eigenvalue weighted by Crippen LogP contribution is 2.31. The first-order valence-corrected chi connectivity index (χ1v) is 10.0. The van der Waals surface area contributed by atoms with Gasteiger partial charge >= 0.3 is 0 Å². The van der Waals surface area contributed by atoms with E-state index in [1.807, 2.05) is 36.4 Å². The summed E-state index contributed by atoms with van der Waals surface area (Å²) in [6.07, 6.45) is 1.79. The molecule has 0 saturated carbocycles. The van der Waals surface area contributed by atoms with Gasteiger partial charge in [0.15, 0.2) is 0 Å². The first kappa shape index (κ1) is 20.3.